The van der Waals surface area contributed by atoms with Crippen molar-refractivity contribution >= 4 is 23.2 Å². The molecule has 0 unspecified atom stereocenters. The van der Waals surface area contributed by atoms with Gasteiger partial charge in [-0.05, 0) is 31.2 Å². The van der Waals surface area contributed by atoms with Gasteiger partial charge in [-0.2, -0.15) is 10.0 Å². The third kappa shape index (κ3) is 3.02. The molecule has 2 amide bonds. The van der Waals surface area contributed by atoms with Gasteiger partial charge in [-0.3, -0.25) is 0 Å². The van der Waals surface area contributed by atoms with Crippen molar-refractivity contribution in [1.29, 1.82) is 0 Å². The zero-order valence-electron chi connectivity index (χ0n) is 14.3. The Labute approximate surface area is 152 Å². The topological polar surface area (TPSA) is 50.0 Å². The van der Waals surface area contributed by atoms with Gasteiger partial charge in [0.25, 0.3) is 0 Å². The number of para-hydroxylation sites is 2. The second kappa shape index (κ2) is 6.72. The lowest BCUT2D eigenvalue weighted by Gasteiger charge is -2.31. The average molecular weight is 341 g/mol. The molecule has 4 rings (SSSR count). The van der Waals surface area contributed by atoms with Gasteiger partial charge >= 0.3 is 6.03 Å². The summed E-state index contributed by atoms with van der Waals surface area (Å²) in [4.78, 5) is 13.0. The molecule has 1 heterocycles. The first-order valence-corrected chi connectivity index (χ1v) is 8.34. The van der Waals surface area contributed by atoms with E-state index in [-0.39, 0.29) is 6.03 Å². The SMILES string of the molecule is Cc1ccc(C2=NN(c3ccccc3)C(=O)N(c3ccccc3)[N]2)cc1. The van der Waals surface area contributed by atoms with E-state index in [9.17, 15) is 4.79 Å². The van der Waals surface area contributed by atoms with Crippen molar-refractivity contribution in [3.05, 3.63) is 96.1 Å². The van der Waals surface area contributed by atoms with Gasteiger partial charge in [-0.15, -0.1) is 10.5 Å². The van der Waals surface area contributed by atoms with Gasteiger partial charge in [0.2, 0.25) is 0 Å². The van der Waals surface area contributed by atoms with Crippen LogP contribution in [0.4, 0.5) is 16.2 Å². The summed E-state index contributed by atoms with van der Waals surface area (Å²) in [5.74, 6) is 0.484. The lowest BCUT2D eigenvalue weighted by Crippen LogP contribution is -2.52. The van der Waals surface area contributed by atoms with E-state index in [0.29, 0.717) is 17.2 Å². The number of hydrogen-bond acceptors (Lipinski definition) is 2. The third-order valence-electron chi connectivity index (χ3n) is 4.06. The largest absolute Gasteiger partial charge is 0.370 e. The lowest BCUT2D eigenvalue weighted by molar-refractivity contribution is 0.249. The minimum Gasteiger partial charge on any atom is -0.244 e. The predicted molar refractivity (Wildman–Crippen MR) is 103 cm³/mol. The number of carbonyl (C=O) groups excluding carboxylic acids is 1. The molecule has 1 aliphatic rings. The van der Waals surface area contributed by atoms with Gasteiger partial charge in [0.15, 0.2) is 5.84 Å². The van der Waals surface area contributed by atoms with E-state index in [0.717, 1.165) is 11.1 Å². The first-order chi connectivity index (χ1) is 12.7. The number of amidine groups is 1. The number of benzene rings is 3. The van der Waals surface area contributed by atoms with Gasteiger partial charge in [-0.1, -0.05) is 66.2 Å². The third-order valence-corrected chi connectivity index (χ3v) is 4.06. The van der Waals surface area contributed by atoms with E-state index >= 15 is 0 Å². The normalized spacial score (nSPS) is 14.0. The highest BCUT2D eigenvalue weighted by Crippen LogP contribution is 2.24. The first kappa shape index (κ1) is 15.9. The fourth-order valence-electron chi connectivity index (χ4n) is 2.68. The number of nitrogens with zero attached hydrogens (tertiary/aromatic N) is 4. The summed E-state index contributed by atoms with van der Waals surface area (Å²) in [6.45, 7) is 2.03. The summed E-state index contributed by atoms with van der Waals surface area (Å²) in [6.07, 6.45) is 0. The molecular weight excluding hydrogens is 324 g/mol. The Kier molecular flexibility index (Phi) is 4.11. The summed E-state index contributed by atoms with van der Waals surface area (Å²) in [5.41, 5.74) is 7.89. The van der Waals surface area contributed by atoms with Crippen molar-refractivity contribution in [3.8, 4) is 0 Å². The van der Waals surface area contributed by atoms with Crippen molar-refractivity contribution in [2.24, 2.45) is 5.10 Å². The highest BCUT2D eigenvalue weighted by Gasteiger charge is 2.32. The Balaban J connectivity index is 1.79. The summed E-state index contributed by atoms with van der Waals surface area (Å²) in [7, 11) is 0. The molecule has 0 bridgehead atoms. The number of carbonyl (C=O) groups is 1. The molecule has 0 atom stereocenters. The summed E-state index contributed by atoms with van der Waals surface area (Å²) in [5, 5.41) is 7.27. The Bertz CT molecular complexity index is 937. The van der Waals surface area contributed by atoms with Gasteiger partial charge in [0.1, 0.15) is 0 Å². The second-order valence-corrected chi connectivity index (χ2v) is 5.97. The molecule has 5 heteroatoms. The van der Waals surface area contributed by atoms with Crippen LogP contribution in [0.25, 0.3) is 0 Å². The molecule has 0 aromatic heterocycles. The molecule has 127 valence electrons. The standard InChI is InChI=1S/C21H17N4O/c1-16-12-14-17(15-13-16)20-22-24(18-8-4-2-5-9-18)21(26)25(23-20)19-10-6-3-7-11-19/h2-15H,1H3. The maximum Gasteiger partial charge on any atom is 0.370 e. The summed E-state index contributed by atoms with van der Waals surface area (Å²) >= 11 is 0. The zero-order chi connectivity index (χ0) is 17.9. The van der Waals surface area contributed by atoms with Crippen LogP contribution in [0.3, 0.4) is 0 Å². The zero-order valence-corrected chi connectivity index (χ0v) is 14.3. The molecule has 0 saturated heterocycles. The predicted octanol–water partition coefficient (Wildman–Crippen LogP) is 4.32. The van der Waals surface area contributed by atoms with E-state index in [1.807, 2.05) is 91.9 Å². The van der Waals surface area contributed by atoms with E-state index in [1.54, 1.807) is 0 Å². The molecule has 0 spiro atoms. The fourth-order valence-corrected chi connectivity index (χ4v) is 2.68. The minimum atomic E-state index is -0.321. The number of anilines is 2. The molecule has 0 fully saturated rings. The maximum absolute atomic E-state index is 13.0. The van der Waals surface area contributed by atoms with Crippen LogP contribution in [0.5, 0.6) is 0 Å². The average Bonchev–Trinajstić information content (AvgIpc) is 2.70. The molecule has 1 radical (unpaired) electrons. The summed E-state index contributed by atoms with van der Waals surface area (Å²) in [6, 6.07) is 26.3. The van der Waals surface area contributed by atoms with Crippen molar-refractivity contribution in [3.63, 3.8) is 0 Å². The molecule has 3 aromatic rings. The molecule has 26 heavy (non-hydrogen) atoms. The van der Waals surface area contributed by atoms with Crippen molar-refractivity contribution in [1.82, 2.24) is 5.43 Å². The number of rotatable bonds is 3. The molecule has 0 aliphatic carbocycles. The van der Waals surface area contributed by atoms with Crippen molar-refractivity contribution in [2.75, 3.05) is 10.0 Å². The molecule has 5 nitrogen and oxygen atoms in total. The monoisotopic (exact) mass is 341 g/mol. The number of aryl methyl sites for hydroxylation is 1. The first-order valence-electron chi connectivity index (χ1n) is 8.34. The Morgan fingerprint density at radius 3 is 1.81 bits per heavy atom. The number of amides is 2. The van der Waals surface area contributed by atoms with Crippen LogP contribution in [0.15, 0.2) is 90.0 Å². The van der Waals surface area contributed by atoms with E-state index in [1.165, 1.54) is 10.0 Å². The molecule has 1 aliphatic heterocycles. The number of hydrazone groups is 1. The number of urea groups is 1. The van der Waals surface area contributed by atoms with Crippen molar-refractivity contribution < 1.29 is 4.79 Å². The second-order valence-electron chi connectivity index (χ2n) is 5.97. The molecule has 0 saturated carbocycles. The fraction of sp³-hybridized carbons (Fsp3) is 0.0476. The van der Waals surface area contributed by atoms with Crippen LogP contribution in [-0.2, 0) is 0 Å². The quantitative estimate of drug-likeness (QED) is 0.700. The summed E-state index contributed by atoms with van der Waals surface area (Å²) < 4.78 is 0. The van der Waals surface area contributed by atoms with Gasteiger partial charge in [-0.25, -0.2) is 4.79 Å². The highest BCUT2D eigenvalue weighted by atomic mass is 16.2. The van der Waals surface area contributed by atoms with Crippen LogP contribution in [0.2, 0.25) is 0 Å². The van der Waals surface area contributed by atoms with Crippen LogP contribution in [0, 0.1) is 6.92 Å². The Hall–Kier alpha value is -3.60. The van der Waals surface area contributed by atoms with Crippen LogP contribution < -0.4 is 15.4 Å². The van der Waals surface area contributed by atoms with E-state index < -0.39 is 0 Å². The highest BCUT2D eigenvalue weighted by molar-refractivity contribution is 6.12. The smallest absolute Gasteiger partial charge is 0.244 e. The van der Waals surface area contributed by atoms with Crippen LogP contribution in [-0.4, -0.2) is 11.9 Å². The van der Waals surface area contributed by atoms with Gasteiger partial charge in [0, 0.05) is 5.56 Å². The number of hydrogen-bond donors (Lipinski definition) is 0. The van der Waals surface area contributed by atoms with E-state index in [2.05, 4.69) is 10.5 Å². The lowest BCUT2D eigenvalue weighted by atomic mass is 10.1. The molecule has 0 N–H and O–H groups in total. The maximum atomic E-state index is 13.0. The van der Waals surface area contributed by atoms with Crippen LogP contribution in [0.1, 0.15) is 11.1 Å². The van der Waals surface area contributed by atoms with Crippen molar-refractivity contribution in [2.45, 2.75) is 6.92 Å². The van der Waals surface area contributed by atoms with Crippen LogP contribution >= 0.6 is 0 Å². The minimum absolute atomic E-state index is 0.321. The van der Waals surface area contributed by atoms with Gasteiger partial charge < -0.3 is 0 Å². The molecular formula is C21H17N4O. The van der Waals surface area contributed by atoms with E-state index in [4.69, 9.17) is 0 Å². The van der Waals surface area contributed by atoms with Gasteiger partial charge in [0.05, 0.1) is 11.4 Å². The Morgan fingerprint density at radius 1 is 0.692 bits per heavy atom. The molecule has 3 aromatic carbocycles. The Morgan fingerprint density at radius 2 is 1.23 bits per heavy atom.